The van der Waals surface area contributed by atoms with Crippen LogP contribution in [0.1, 0.15) is 10.4 Å². The van der Waals surface area contributed by atoms with Gasteiger partial charge in [0.15, 0.2) is 0 Å². The van der Waals surface area contributed by atoms with Crippen LogP contribution in [0.2, 0.25) is 0 Å². The van der Waals surface area contributed by atoms with Crippen molar-refractivity contribution in [2.75, 3.05) is 26.4 Å². The van der Waals surface area contributed by atoms with Crippen molar-refractivity contribution < 1.29 is 9.90 Å². The zero-order chi connectivity index (χ0) is 14.5. The van der Waals surface area contributed by atoms with Gasteiger partial charge in [0.2, 0.25) is 5.16 Å². The lowest BCUT2D eigenvalue weighted by Crippen LogP contribution is -2.15. The number of nitrogens with zero attached hydrogens (tertiary/aromatic N) is 5. The van der Waals surface area contributed by atoms with Gasteiger partial charge in [0.1, 0.15) is 0 Å². The van der Waals surface area contributed by atoms with Crippen molar-refractivity contribution in [2.24, 2.45) is 0 Å². The minimum atomic E-state index is -0.950. The van der Waals surface area contributed by atoms with Crippen LogP contribution < -0.4 is 0 Å². The van der Waals surface area contributed by atoms with Crippen LogP contribution in [0.4, 0.5) is 0 Å². The summed E-state index contributed by atoms with van der Waals surface area (Å²) < 4.78 is 1.60. The van der Waals surface area contributed by atoms with E-state index in [9.17, 15) is 4.79 Å². The average molecular weight is 293 g/mol. The highest BCUT2D eigenvalue weighted by molar-refractivity contribution is 7.99. The summed E-state index contributed by atoms with van der Waals surface area (Å²) in [7, 11) is 4.02. The van der Waals surface area contributed by atoms with Gasteiger partial charge in [-0.1, -0.05) is 11.8 Å². The van der Waals surface area contributed by atoms with Crippen molar-refractivity contribution in [3.05, 3.63) is 29.8 Å². The first-order valence-electron chi connectivity index (χ1n) is 5.97. The molecule has 8 heteroatoms. The number of benzene rings is 1. The molecule has 0 saturated carbocycles. The number of carboxylic acid groups (broad SMARTS) is 1. The molecule has 0 aliphatic rings. The van der Waals surface area contributed by atoms with Crippen LogP contribution in [0.3, 0.4) is 0 Å². The molecular formula is C12H15N5O2S. The number of carbonyl (C=O) groups is 1. The molecule has 1 aromatic carbocycles. The second-order valence-corrected chi connectivity index (χ2v) is 5.44. The molecule has 7 nitrogen and oxygen atoms in total. The summed E-state index contributed by atoms with van der Waals surface area (Å²) in [6.45, 7) is 0.926. The summed E-state index contributed by atoms with van der Waals surface area (Å²) in [4.78, 5) is 12.9. The standard InChI is InChI=1S/C12H15N5O2S/c1-16(2)7-8-20-12-13-14-15-17(12)10-5-3-9(4-6-10)11(18)19/h3-6H,7-8H2,1-2H3,(H,18,19). The molecule has 2 rings (SSSR count). The minimum absolute atomic E-state index is 0.239. The van der Waals surface area contributed by atoms with Gasteiger partial charge in [0.05, 0.1) is 11.3 Å². The van der Waals surface area contributed by atoms with Gasteiger partial charge >= 0.3 is 5.97 Å². The number of thioether (sulfide) groups is 1. The van der Waals surface area contributed by atoms with Crippen LogP contribution in [-0.4, -0.2) is 62.6 Å². The molecule has 0 bridgehead atoms. The van der Waals surface area contributed by atoms with Crippen molar-refractivity contribution in [2.45, 2.75) is 5.16 Å². The summed E-state index contributed by atoms with van der Waals surface area (Å²) in [5.74, 6) is -0.0746. The number of carboxylic acids is 1. The maximum Gasteiger partial charge on any atom is 0.335 e. The molecule has 2 aromatic rings. The summed E-state index contributed by atoms with van der Waals surface area (Å²) in [6, 6.07) is 6.45. The summed E-state index contributed by atoms with van der Waals surface area (Å²) in [5, 5.41) is 21.1. The smallest absolute Gasteiger partial charge is 0.335 e. The Labute approximate surface area is 120 Å². The van der Waals surface area contributed by atoms with Crippen LogP contribution in [0.25, 0.3) is 5.69 Å². The Hall–Kier alpha value is -1.93. The Kier molecular flexibility index (Phi) is 4.70. The monoisotopic (exact) mass is 293 g/mol. The normalized spacial score (nSPS) is 10.9. The van der Waals surface area contributed by atoms with Crippen molar-refractivity contribution in [3.8, 4) is 5.69 Å². The predicted octanol–water partition coefficient (Wildman–Crippen LogP) is 1.01. The summed E-state index contributed by atoms with van der Waals surface area (Å²) >= 11 is 1.56. The quantitative estimate of drug-likeness (QED) is 0.796. The van der Waals surface area contributed by atoms with Crippen molar-refractivity contribution >= 4 is 17.7 Å². The Morgan fingerprint density at radius 2 is 2.05 bits per heavy atom. The van der Waals surface area contributed by atoms with Crippen molar-refractivity contribution in [1.82, 2.24) is 25.1 Å². The number of aromatic carboxylic acids is 1. The molecule has 0 atom stereocenters. The SMILES string of the molecule is CN(C)CCSc1nnnn1-c1ccc(C(=O)O)cc1. The number of hydrogen-bond donors (Lipinski definition) is 1. The highest BCUT2D eigenvalue weighted by Gasteiger charge is 2.10. The number of aromatic nitrogens is 4. The second-order valence-electron chi connectivity index (χ2n) is 4.38. The molecule has 0 spiro atoms. The number of rotatable bonds is 6. The fraction of sp³-hybridized carbons (Fsp3) is 0.333. The fourth-order valence-corrected chi connectivity index (χ4v) is 2.49. The van der Waals surface area contributed by atoms with E-state index >= 15 is 0 Å². The van der Waals surface area contributed by atoms with Crippen LogP contribution >= 0.6 is 11.8 Å². The maximum absolute atomic E-state index is 10.8. The van der Waals surface area contributed by atoms with Crippen molar-refractivity contribution in [1.29, 1.82) is 0 Å². The fourth-order valence-electron chi connectivity index (χ4n) is 1.50. The second kappa shape index (κ2) is 6.49. The van der Waals surface area contributed by atoms with Gasteiger partial charge < -0.3 is 10.0 Å². The summed E-state index contributed by atoms with van der Waals surface area (Å²) in [6.07, 6.45) is 0. The maximum atomic E-state index is 10.8. The van der Waals surface area contributed by atoms with Crippen molar-refractivity contribution in [3.63, 3.8) is 0 Å². The third kappa shape index (κ3) is 3.55. The first kappa shape index (κ1) is 14.5. The van der Waals surface area contributed by atoms with E-state index in [2.05, 4.69) is 20.4 Å². The van der Waals surface area contributed by atoms with Crippen LogP contribution in [0, 0.1) is 0 Å². The molecule has 0 aliphatic heterocycles. The number of hydrogen-bond acceptors (Lipinski definition) is 6. The molecule has 0 fully saturated rings. The molecule has 0 saturated heterocycles. The first-order valence-corrected chi connectivity index (χ1v) is 6.96. The van der Waals surface area contributed by atoms with Crippen LogP contribution in [0.5, 0.6) is 0 Å². The zero-order valence-electron chi connectivity index (χ0n) is 11.2. The Balaban J connectivity index is 2.12. The van der Waals surface area contributed by atoms with E-state index in [0.29, 0.717) is 5.16 Å². The third-order valence-electron chi connectivity index (χ3n) is 2.57. The predicted molar refractivity (Wildman–Crippen MR) is 75.4 cm³/mol. The topological polar surface area (TPSA) is 84.1 Å². The Bertz CT molecular complexity index is 582. The van der Waals surface area contributed by atoms with Crippen LogP contribution in [0.15, 0.2) is 29.4 Å². The molecule has 0 aliphatic carbocycles. The largest absolute Gasteiger partial charge is 0.478 e. The van der Waals surface area contributed by atoms with E-state index < -0.39 is 5.97 Å². The van der Waals surface area contributed by atoms with E-state index in [4.69, 9.17) is 5.11 Å². The minimum Gasteiger partial charge on any atom is -0.478 e. The molecule has 1 N–H and O–H groups in total. The van der Waals surface area contributed by atoms with Gasteiger partial charge in [-0.2, -0.15) is 4.68 Å². The summed E-state index contributed by atoms with van der Waals surface area (Å²) in [5.41, 5.74) is 0.982. The molecule has 20 heavy (non-hydrogen) atoms. The molecule has 1 aromatic heterocycles. The lowest BCUT2D eigenvalue weighted by molar-refractivity contribution is 0.0697. The van der Waals surface area contributed by atoms with Gasteiger partial charge in [-0.3, -0.25) is 0 Å². The van der Waals surface area contributed by atoms with Crippen LogP contribution in [-0.2, 0) is 0 Å². The van der Waals surface area contributed by atoms with Gasteiger partial charge in [0.25, 0.3) is 0 Å². The molecule has 0 amide bonds. The van der Waals surface area contributed by atoms with Gasteiger partial charge in [0, 0.05) is 12.3 Å². The van der Waals surface area contributed by atoms with Gasteiger partial charge in [-0.15, -0.1) is 5.10 Å². The van der Waals surface area contributed by atoms with E-state index in [1.165, 1.54) is 12.1 Å². The van der Waals surface area contributed by atoms with E-state index in [1.807, 2.05) is 14.1 Å². The highest BCUT2D eigenvalue weighted by Crippen LogP contribution is 2.18. The molecule has 1 heterocycles. The first-order chi connectivity index (χ1) is 9.58. The average Bonchev–Trinajstić information content (AvgIpc) is 2.87. The molecule has 0 radical (unpaired) electrons. The molecule has 106 valence electrons. The highest BCUT2D eigenvalue weighted by atomic mass is 32.2. The Morgan fingerprint density at radius 1 is 1.35 bits per heavy atom. The van der Waals surface area contributed by atoms with E-state index in [0.717, 1.165) is 18.0 Å². The molecular weight excluding hydrogens is 278 g/mol. The van der Waals surface area contributed by atoms with E-state index in [-0.39, 0.29) is 5.56 Å². The zero-order valence-corrected chi connectivity index (χ0v) is 12.0. The lowest BCUT2D eigenvalue weighted by Gasteiger charge is -2.08. The van der Waals surface area contributed by atoms with Gasteiger partial charge in [-0.05, 0) is 48.8 Å². The van der Waals surface area contributed by atoms with Gasteiger partial charge in [-0.25, -0.2) is 4.79 Å². The lowest BCUT2D eigenvalue weighted by atomic mass is 10.2. The third-order valence-corrected chi connectivity index (χ3v) is 3.47. The number of tetrazole rings is 1. The molecule has 0 unspecified atom stereocenters. The van der Waals surface area contributed by atoms with E-state index in [1.54, 1.807) is 28.6 Å². The Morgan fingerprint density at radius 3 is 2.65 bits per heavy atom.